The molecule has 1 N–H and O–H groups in total. The highest BCUT2D eigenvalue weighted by Gasteiger charge is 2.33. The maximum absolute atomic E-state index is 12.9. The first-order valence-electron chi connectivity index (χ1n) is 9.10. The molecule has 0 radical (unpaired) electrons. The fourth-order valence-corrected chi connectivity index (χ4v) is 4.13. The molecule has 3 rings (SSSR count). The Kier molecular flexibility index (Phi) is 6.65. The quantitative estimate of drug-likeness (QED) is 0.530. The number of alkyl halides is 3. The highest BCUT2D eigenvalue weighted by molar-refractivity contribution is 14.1. The molecule has 2 aromatic rings. The summed E-state index contributed by atoms with van der Waals surface area (Å²) in [7, 11) is 0. The first-order valence-corrected chi connectivity index (χ1v) is 10.2. The molecule has 3 nitrogen and oxygen atoms in total. The second kappa shape index (κ2) is 8.82. The monoisotopic (exact) mass is 503 g/mol. The molecule has 28 heavy (non-hydrogen) atoms. The van der Waals surface area contributed by atoms with Crippen LogP contribution in [0.3, 0.4) is 0 Å². The van der Waals surface area contributed by atoms with E-state index < -0.39 is 17.7 Å². The van der Waals surface area contributed by atoms with Gasteiger partial charge in [-0.25, -0.2) is 0 Å². The zero-order valence-electron chi connectivity index (χ0n) is 15.1. The van der Waals surface area contributed by atoms with Gasteiger partial charge in [-0.2, -0.15) is 13.2 Å². The van der Waals surface area contributed by atoms with E-state index in [0.29, 0.717) is 13.0 Å². The molecule has 0 saturated carbocycles. The minimum atomic E-state index is -4.36. The van der Waals surface area contributed by atoms with Crippen molar-refractivity contribution in [2.24, 2.45) is 5.92 Å². The number of rotatable bonds is 5. The predicted molar refractivity (Wildman–Crippen MR) is 109 cm³/mol. The third-order valence-electron chi connectivity index (χ3n) is 5.21. The van der Waals surface area contributed by atoms with Gasteiger partial charge >= 0.3 is 12.1 Å². The van der Waals surface area contributed by atoms with Crippen LogP contribution >= 0.6 is 22.6 Å². The third-order valence-corrected chi connectivity index (χ3v) is 5.93. The number of carboxylic acid groups (broad SMARTS) is 1. The van der Waals surface area contributed by atoms with Crippen molar-refractivity contribution >= 4 is 28.6 Å². The average Bonchev–Trinajstić information content (AvgIpc) is 2.64. The largest absolute Gasteiger partial charge is 0.481 e. The second-order valence-electron chi connectivity index (χ2n) is 7.22. The Labute approximate surface area is 175 Å². The highest BCUT2D eigenvalue weighted by Crippen LogP contribution is 2.38. The number of halogens is 4. The zero-order chi connectivity index (χ0) is 20.3. The van der Waals surface area contributed by atoms with Crippen LogP contribution in [0.2, 0.25) is 0 Å². The Morgan fingerprint density at radius 2 is 1.75 bits per heavy atom. The minimum absolute atomic E-state index is 0.0257. The van der Waals surface area contributed by atoms with E-state index in [1.807, 2.05) is 12.1 Å². The van der Waals surface area contributed by atoms with Crippen molar-refractivity contribution in [3.63, 3.8) is 0 Å². The van der Waals surface area contributed by atoms with E-state index in [1.165, 1.54) is 12.1 Å². The van der Waals surface area contributed by atoms with Gasteiger partial charge in [-0.3, -0.25) is 9.69 Å². The van der Waals surface area contributed by atoms with Gasteiger partial charge in [-0.05, 0) is 83.3 Å². The number of benzene rings is 2. The molecule has 0 aromatic heterocycles. The van der Waals surface area contributed by atoms with Gasteiger partial charge in [0.15, 0.2) is 0 Å². The number of hydrogen-bond donors (Lipinski definition) is 1. The number of aliphatic carboxylic acids is 1. The molecule has 150 valence electrons. The zero-order valence-corrected chi connectivity index (χ0v) is 17.3. The molecule has 1 aliphatic rings. The fraction of sp³-hybridized carbons (Fsp3) is 0.381. The lowest BCUT2D eigenvalue weighted by atomic mass is 9.84. The Bertz CT molecular complexity index is 806. The van der Waals surface area contributed by atoms with Crippen molar-refractivity contribution in [2.75, 3.05) is 6.54 Å². The lowest BCUT2D eigenvalue weighted by Gasteiger charge is -2.39. The molecule has 0 spiro atoms. The van der Waals surface area contributed by atoms with Crippen molar-refractivity contribution in [2.45, 2.75) is 38.0 Å². The molecule has 0 bridgehead atoms. The Balaban J connectivity index is 1.83. The van der Waals surface area contributed by atoms with E-state index in [1.54, 1.807) is 0 Å². The minimum Gasteiger partial charge on any atom is -0.481 e. The molecule has 1 heterocycles. The van der Waals surface area contributed by atoms with Crippen LogP contribution in [0.4, 0.5) is 13.2 Å². The summed E-state index contributed by atoms with van der Waals surface area (Å²) in [6, 6.07) is 13.3. The van der Waals surface area contributed by atoms with Crippen LogP contribution < -0.4 is 0 Å². The van der Waals surface area contributed by atoms with Gasteiger partial charge < -0.3 is 5.11 Å². The number of piperidine rings is 1. The molecule has 0 aliphatic carbocycles. The van der Waals surface area contributed by atoms with E-state index in [0.717, 1.165) is 39.8 Å². The van der Waals surface area contributed by atoms with Crippen molar-refractivity contribution in [3.05, 3.63) is 68.8 Å². The standard InChI is InChI=1S/C21H21F3INO2/c22-21(23,24)17-5-3-16(4-6-17)19-11-15(12-20(27)28)9-10-26(19)13-14-1-7-18(25)8-2-14/h1-8,15,19H,9-13H2,(H,27,28)/t15-,19-/m0/s1. The number of hydrogen-bond acceptors (Lipinski definition) is 2. The van der Waals surface area contributed by atoms with Gasteiger partial charge in [0.05, 0.1) is 5.56 Å². The molecule has 1 saturated heterocycles. The van der Waals surface area contributed by atoms with E-state index in [4.69, 9.17) is 5.11 Å². The number of carboxylic acids is 1. The Morgan fingerprint density at radius 3 is 2.32 bits per heavy atom. The first kappa shape index (κ1) is 21.1. The second-order valence-corrected chi connectivity index (χ2v) is 8.47. The van der Waals surface area contributed by atoms with Crippen LogP contribution in [0, 0.1) is 9.49 Å². The summed E-state index contributed by atoms with van der Waals surface area (Å²) in [5, 5.41) is 9.14. The van der Waals surface area contributed by atoms with E-state index in [-0.39, 0.29) is 18.4 Å². The van der Waals surface area contributed by atoms with Gasteiger partial charge in [-0.15, -0.1) is 0 Å². The summed E-state index contributed by atoms with van der Waals surface area (Å²) in [5.41, 5.74) is 1.26. The van der Waals surface area contributed by atoms with Crippen LogP contribution in [0.1, 0.15) is 42.0 Å². The third kappa shape index (κ3) is 5.47. The molecule has 1 fully saturated rings. The maximum atomic E-state index is 12.9. The summed E-state index contributed by atoms with van der Waals surface area (Å²) in [6.07, 6.45) is -2.87. The summed E-state index contributed by atoms with van der Waals surface area (Å²) >= 11 is 2.24. The lowest BCUT2D eigenvalue weighted by molar-refractivity contribution is -0.139. The van der Waals surface area contributed by atoms with Gasteiger partial charge in [-0.1, -0.05) is 24.3 Å². The molecule has 2 aromatic carbocycles. The Morgan fingerprint density at radius 1 is 1.11 bits per heavy atom. The molecule has 1 aliphatic heterocycles. The van der Waals surface area contributed by atoms with Gasteiger partial charge in [0.1, 0.15) is 0 Å². The van der Waals surface area contributed by atoms with E-state index >= 15 is 0 Å². The van der Waals surface area contributed by atoms with Crippen molar-refractivity contribution in [1.29, 1.82) is 0 Å². The fourth-order valence-electron chi connectivity index (χ4n) is 3.77. The normalized spacial score (nSPS) is 20.9. The van der Waals surface area contributed by atoms with Crippen LogP contribution in [0.5, 0.6) is 0 Å². The predicted octanol–water partition coefficient (Wildman–Crippen LogP) is 5.74. The van der Waals surface area contributed by atoms with Gasteiger partial charge in [0.2, 0.25) is 0 Å². The van der Waals surface area contributed by atoms with Crippen molar-refractivity contribution in [3.8, 4) is 0 Å². The van der Waals surface area contributed by atoms with Crippen LogP contribution in [-0.4, -0.2) is 22.5 Å². The number of carbonyl (C=O) groups is 1. The summed E-state index contributed by atoms with van der Waals surface area (Å²) in [6.45, 7) is 1.40. The van der Waals surface area contributed by atoms with Crippen LogP contribution in [0.25, 0.3) is 0 Å². The SMILES string of the molecule is O=C(O)C[C@H]1CCN(Cc2ccc(I)cc2)[C@H](c2ccc(C(F)(F)F)cc2)C1. The molecular formula is C21H21F3INO2. The van der Waals surface area contributed by atoms with E-state index in [9.17, 15) is 18.0 Å². The first-order chi connectivity index (χ1) is 13.2. The molecule has 2 atom stereocenters. The van der Waals surface area contributed by atoms with Crippen molar-refractivity contribution in [1.82, 2.24) is 4.90 Å². The summed E-state index contributed by atoms with van der Waals surface area (Å²) in [5.74, 6) is -0.806. The number of nitrogens with zero attached hydrogens (tertiary/aromatic N) is 1. The maximum Gasteiger partial charge on any atom is 0.416 e. The van der Waals surface area contributed by atoms with Crippen molar-refractivity contribution < 1.29 is 23.1 Å². The summed E-state index contributed by atoms with van der Waals surface area (Å²) in [4.78, 5) is 13.4. The van der Waals surface area contributed by atoms with Gasteiger partial charge in [0, 0.05) is 22.6 Å². The smallest absolute Gasteiger partial charge is 0.416 e. The molecule has 7 heteroatoms. The average molecular weight is 503 g/mol. The highest BCUT2D eigenvalue weighted by atomic mass is 127. The Hall–Kier alpha value is -1.61. The number of likely N-dealkylation sites (tertiary alicyclic amines) is 1. The van der Waals surface area contributed by atoms with Gasteiger partial charge in [0.25, 0.3) is 0 Å². The topological polar surface area (TPSA) is 40.5 Å². The molecule has 0 unspecified atom stereocenters. The summed E-state index contributed by atoms with van der Waals surface area (Å²) < 4.78 is 39.8. The van der Waals surface area contributed by atoms with Crippen LogP contribution in [0.15, 0.2) is 48.5 Å². The van der Waals surface area contributed by atoms with Crippen LogP contribution in [-0.2, 0) is 17.5 Å². The molecular weight excluding hydrogens is 482 g/mol. The molecule has 0 amide bonds. The van der Waals surface area contributed by atoms with E-state index in [2.05, 4.69) is 39.6 Å². The lowest BCUT2D eigenvalue weighted by Crippen LogP contribution is -2.37.